The molecule has 3 atom stereocenters. The molecule has 2 amide bonds. The lowest BCUT2D eigenvalue weighted by molar-refractivity contribution is -0.140. The van der Waals surface area contributed by atoms with Crippen molar-refractivity contribution in [2.45, 2.75) is 78.9 Å². The Kier molecular flexibility index (Phi) is 12.0. The van der Waals surface area contributed by atoms with Crippen LogP contribution in [0.2, 0.25) is 0 Å². The summed E-state index contributed by atoms with van der Waals surface area (Å²) in [7, 11) is 3.54. The third-order valence-electron chi connectivity index (χ3n) is 6.64. The summed E-state index contributed by atoms with van der Waals surface area (Å²) in [5.41, 5.74) is 0.960. The third-order valence-corrected chi connectivity index (χ3v) is 6.64. The molecule has 0 aliphatic heterocycles. The molecule has 36 heavy (non-hydrogen) atoms. The number of benzene rings is 1. The third kappa shape index (κ3) is 8.56. The van der Waals surface area contributed by atoms with Crippen molar-refractivity contribution in [1.29, 1.82) is 0 Å². The van der Waals surface area contributed by atoms with E-state index in [0.717, 1.165) is 17.4 Å². The van der Waals surface area contributed by atoms with E-state index in [4.69, 9.17) is 4.74 Å². The smallest absolute Gasteiger partial charge is 0.245 e. The van der Waals surface area contributed by atoms with Crippen LogP contribution in [0.3, 0.4) is 0 Å². The molecule has 1 aromatic rings. The minimum Gasteiger partial charge on any atom is -0.370 e. The molecular weight excluding hydrogens is 454 g/mol. The number of aldehydes is 1. The number of carbonyl (C=O) groups is 3. The largest absolute Gasteiger partial charge is 0.370 e. The average Bonchev–Trinajstić information content (AvgIpc) is 2.80. The molecule has 0 saturated carbocycles. The number of amides is 2. The van der Waals surface area contributed by atoms with Crippen molar-refractivity contribution >= 4 is 18.1 Å². The Balaban J connectivity index is 3.21. The number of hydrogen-bond acceptors (Lipinski definition) is 5. The second-order valence-electron chi connectivity index (χ2n) is 11.5. The molecule has 0 saturated heterocycles. The van der Waals surface area contributed by atoms with Crippen molar-refractivity contribution in [3.63, 3.8) is 0 Å². The predicted octanol–water partition coefficient (Wildman–Crippen LogP) is 3.73. The second kappa shape index (κ2) is 13.7. The molecule has 7 heteroatoms. The van der Waals surface area contributed by atoms with Gasteiger partial charge in [0.25, 0.3) is 0 Å². The van der Waals surface area contributed by atoms with Gasteiger partial charge in [0.2, 0.25) is 11.8 Å². The van der Waals surface area contributed by atoms with E-state index < -0.39 is 22.9 Å². The number of carbonyl (C=O) groups excluding carboxylic acids is 3. The monoisotopic (exact) mass is 501 g/mol. The number of nitrogens with one attached hydrogen (secondary N) is 2. The van der Waals surface area contributed by atoms with Crippen LogP contribution in [-0.2, 0) is 24.5 Å². The quantitative estimate of drug-likeness (QED) is 0.244. The van der Waals surface area contributed by atoms with Crippen molar-refractivity contribution in [3.8, 4) is 0 Å². The Labute approximate surface area is 218 Å². The molecule has 0 aromatic heterocycles. The lowest BCUT2D eigenvalue weighted by Crippen LogP contribution is -2.61. The molecule has 0 spiro atoms. The number of ether oxygens (including phenoxy) is 1. The van der Waals surface area contributed by atoms with Crippen molar-refractivity contribution < 1.29 is 19.1 Å². The van der Waals surface area contributed by atoms with Crippen molar-refractivity contribution in [3.05, 3.63) is 47.5 Å². The standard InChI is InChI=1S/C29H47N3O4/c1-20(2)23(18-21(3)19-36-17-16-33)32(10)27(35)25(28(4,5)6)31-26(34)24(30-9)29(7,8)22-14-12-11-13-15-22/h11-16,18,20,23-25,30H,17,19H2,1-10H3,(H,31,34)/b21-18+. The zero-order valence-electron chi connectivity index (χ0n) is 23.8. The number of rotatable bonds is 13. The van der Waals surface area contributed by atoms with Gasteiger partial charge in [-0.25, -0.2) is 0 Å². The highest BCUT2D eigenvalue weighted by atomic mass is 16.5. The molecule has 0 aliphatic rings. The fourth-order valence-electron chi connectivity index (χ4n) is 4.44. The SMILES string of the molecule is CNC(C(=O)NC(C(=O)N(C)C(/C=C(\C)COCC=O)C(C)C)C(C)(C)C)C(C)(C)c1ccccc1. The first-order valence-electron chi connectivity index (χ1n) is 12.7. The highest BCUT2D eigenvalue weighted by molar-refractivity contribution is 5.91. The maximum Gasteiger partial charge on any atom is 0.245 e. The summed E-state index contributed by atoms with van der Waals surface area (Å²) in [5, 5.41) is 6.25. The summed E-state index contributed by atoms with van der Waals surface area (Å²) in [5.74, 6) is -0.235. The number of hydrogen-bond donors (Lipinski definition) is 2. The van der Waals surface area contributed by atoms with E-state index in [1.165, 1.54) is 0 Å². The zero-order valence-corrected chi connectivity index (χ0v) is 23.8. The Morgan fingerprint density at radius 3 is 2.11 bits per heavy atom. The van der Waals surface area contributed by atoms with Gasteiger partial charge in [-0.05, 0) is 36.4 Å². The molecule has 7 nitrogen and oxygen atoms in total. The van der Waals surface area contributed by atoms with Gasteiger partial charge in [-0.2, -0.15) is 0 Å². The predicted molar refractivity (Wildman–Crippen MR) is 146 cm³/mol. The second-order valence-corrected chi connectivity index (χ2v) is 11.5. The van der Waals surface area contributed by atoms with Gasteiger partial charge in [-0.15, -0.1) is 0 Å². The average molecular weight is 502 g/mol. The first-order valence-corrected chi connectivity index (χ1v) is 12.7. The Morgan fingerprint density at radius 2 is 1.64 bits per heavy atom. The Morgan fingerprint density at radius 1 is 1.06 bits per heavy atom. The van der Waals surface area contributed by atoms with Crippen molar-refractivity contribution in [2.24, 2.45) is 11.3 Å². The normalized spacial score (nSPS) is 15.2. The summed E-state index contributed by atoms with van der Waals surface area (Å²) >= 11 is 0. The summed E-state index contributed by atoms with van der Waals surface area (Å²) in [6, 6.07) is 8.44. The van der Waals surface area contributed by atoms with E-state index in [9.17, 15) is 14.4 Å². The molecule has 1 aromatic carbocycles. The van der Waals surface area contributed by atoms with Crippen LogP contribution in [0.4, 0.5) is 0 Å². The van der Waals surface area contributed by atoms with Crippen LogP contribution in [-0.4, -0.2) is 68.4 Å². The van der Waals surface area contributed by atoms with E-state index in [1.807, 2.05) is 78.0 Å². The zero-order chi connectivity index (χ0) is 27.7. The fraction of sp³-hybridized carbons (Fsp3) is 0.621. The van der Waals surface area contributed by atoms with E-state index >= 15 is 0 Å². The number of nitrogens with zero attached hydrogens (tertiary/aromatic N) is 1. The van der Waals surface area contributed by atoms with Crippen LogP contribution >= 0.6 is 0 Å². The van der Waals surface area contributed by atoms with Gasteiger partial charge in [-0.3, -0.25) is 9.59 Å². The van der Waals surface area contributed by atoms with Crippen molar-refractivity contribution in [2.75, 3.05) is 27.3 Å². The van der Waals surface area contributed by atoms with Crippen LogP contribution in [0.25, 0.3) is 0 Å². The van der Waals surface area contributed by atoms with Crippen molar-refractivity contribution in [1.82, 2.24) is 15.5 Å². The molecule has 0 heterocycles. The van der Waals surface area contributed by atoms with Gasteiger partial charge in [-0.1, -0.05) is 84.9 Å². The minimum atomic E-state index is -0.723. The van der Waals surface area contributed by atoms with E-state index in [0.29, 0.717) is 6.61 Å². The lowest BCUT2D eigenvalue weighted by Gasteiger charge is -2.40. The Bertz CT molecular complexity index is 888. The molecule has 3 unspecified atom stereocenters. The van der Waals surface area contributed by atoms with Gasteiger partial charge in [0.05, 0.1) is 18.7 Å². The summed E-state index contributed by atoms with van der Waals surface area (Å²) < 4.78 is 5.32. The molecule has 2 N–H and O–H groups in total. The molecule has 1 rings (SSSR count). The van der Waals surface area contributed by atoms with Crippen LogP contribution in [0.5, 0.6) is 0 Å². The number of likely N-dealkylation sites (N-methyl/N-ethyl adjacent to an activating group) is 2. The van der Waals surface area contributed by atoms with Gasteiger partial charge >= 0.3 is 0 Å². The molecule has 0 fully saturated rings. The Hall–Kier alpha value is -2.51. The van der Waals surface area contributed by atoms with E-state index in [2.05, 4.69) is 24.5 Å². The first-order chi connectivity index (χ1) is 16.7. The molecule has 202 valence electrons. The van der Waals surface area contributed by atoms with Gasteiger partial charge in [0, 0.05) is 12.5 Å². The van der Waals surface area contributed by atoms with Crippen LogP contribution in [0.1, 0.15) is 61.0 Å². The van der Waals surface area contributed by atoms with Crippen LogP contribution < -0.4 is 10.6 Å². The molecule has 0 radical (unpaired) electrons. The van der Waals surface area contributed by atoms with Gasteiger partial charge in [0.1, 0.15) is 18.9 Å². The fourth-order valence-corrected chi connectivity index (χ4v) is 4.44. The molecular formula is C29H47N3O4. The van der Waals surface area contributed by atoms with E-state index in [-0.39, 0.29) is 30.4 Å². The van der Waals surface area contributed by atoms with Gasteiger partial charge in [0.15, 0.2) is 0 Å². The molecule has 0 bridgehead atoms. The highest BCUT2D eigenvalue weighted by Gasteiger charge is 2.41. The van der Waals surface area contributed by atoms with E-state index in [1.54, 1.807) is 19.0 Å². The summed E-state index contributed by atoms with van der Waals surface area (Å²) in [6.07, 6.45) is 2.72. The minimum absolute atomic E-state index is 0.0381. The topological polar surface area (TPSA) is 87.7 Å². The first kappa shape index (κ1) is 31.5. The molecule has 0 aliphatic carbocycles. The summed E-state index contributed by atoms with van der Waals surface area (Å²) in [6.45, 7) is 16.3. The maximum atomic E-state index is 13.8. The van der Waals surface area contributed by atoms with Gasteiger partial charge < -0.3 is 25.1 Å². The van der Waals surface area contributed by atoms with Crippen LogP contribution in [0, 0.1) is 11.3 Å². The maximum absolute atomic E-state index is 13.8. The van der Waals surface area contributed by atoms with Crippen LogP contribution in [0.15, 0.2) is 42.0 Å². The summed E-state index contributed by atoms with van der Waals surface area (Å²) in [4.78, 5) is 39.7. The lowest BCUT2D eigenvalue weighted by atomic mass is 9.76. The highest BCUT2D eigenvalue weighted by Crippen LogP contribution is 2.29.